The van der Waals surface area contributed by atoms with Gasteiger partial charge < -0.3 is 5.32 Å². The molecule has 1 heterocycles. The number of hydrogen-bond donors (Lipinski definition) is 1. The summed E-state index contributed by atoms with van der Waals surface area (Å²) in [5.41, 5.74) is 1.37. The fraction of sp³-hybridized carbons (Fsp3) is 0.667. The Morgan fingerprint density at radius 2 is 2.31 bits per heavy atom. The Labute approximate surface area is 81.9 Å². The second-order valence-corrected chi connectivity index (χ2v) is 4.16. The van der Waals surface area contributed by atoms with Crippen LogP contribution in [0.25, 0.3) is 0 Å². The van der Waals surface area contributed by atoms with Gasteiger partial charge in [0.1, 0.15) is 0 Å². The summed E-state index contributed by atoms with van der Waals surface area (Å²) >= 11 is 0. The van der Waals surface area contributed by atoms with Crippen molar-refractivity contribution in [3.8, 4) is 0 Å². The molecule has 0 spiro atoms. The summed E-state index contributed by atoms with van der Waals surface area (Å²) in [6.07, 6.45) is 5.43. The Kier molecular flexibility index (Phi) is 3.73. The molecule has 1 N–H and O–H groups in total. The summed E-state index contributed by atoms with van der Waals surface area (Å²) in [7, 11) is 0. The highest BCUT2D eigenvalue weighted by molar-refractivity contribution is 5.10. The van der Waals surface area contributed by atoms with E-state index in [-0.39, 0.29) is 0 Å². The summed E-state index contributed by atoms with van der Waals surface area (Å²) in [5, 5.41) is 3.61. The van der Waals surface area contributed by atoms with Crippen molar-refractivity contribution in [1.82, 2.24) is 5.32 Å². The molecule has 0 saturated carbocycles. The van der Waals surface area contributed by atoms with Crippen LogP contribution in [0.15, 0.2) is 24.8 Å². The highest BCUT2D eigenvalue weighted by atomic mass is 15.0. The van der Waals surface area contributed by atoms with Crippen molar-refractivity contribution >= 4 is 0 Å². The number of hydrogen-bond acceptors (Lipinski definition) is 1. The van der Waals surface area contributed by atoms with Gasteiger partial charge in [0.05, 0.1) is 0 Å². The molecule has 1 nitrogen and oxygen atoms in total. The Morgan fingerprint density at radius 3 is 2.85 bits per heavy atom. The van der Waals surface area contributed by atoms with E-state index < -0.39 is 0 Å². The first-order chi connectivity index (χ1) is 6.17. The van der Waals surface area contributed by atoms with E-state index in [9.17, 15) is 0 Å². The van der Waals surface area contributed by atoms with E-state index in [1.807, 2.05) is 6.08 Å². The van der Waals surface area contributed by atoms with Crippen LogP contribution in [-0.4, -0.2) is 12.1 Å². The van der Waals surface area contributed by atoms with Crippen LogP contribution >= 0.6 is 0 Å². The third-order valence-electron chi connectivity index (χ3n) is 3.06. The minimum Gasteiger partial charge on any atom is -0.307 e. The van der Waals surface area contributed by atoms with E-state index in [1.54, 1.807) is 0 Å². The molecule has 0 aromatic rings. The van der Waals surface area contributed by atoms with Gasteiger partial charge in [0.15, 0.2) is 0 Å². The minimum atomic E-state index is 0.445. The molecule has 1 saturated heterocycles. The Bertz CT molecular complexity index is 195. The summed E-state index contributed by atoms with van der Waals surface area (Å²) in [6, 6.07) is 1.05. The Morgan fingerprint density at radius 1 is 1.62 bits per heavy atom. The first-order valence-electron chi connectivity index (χ1n) is 5.22. The number of nitrogens with one attached hydrogen (secondary N) is 1. The smallest absolute Gasteiger partial charge is 0.0287 e. The van der Waals surface area contributed by atoms with Crippen molar-refractivity contribution in [3.63, 3.8) is 0 Å². The molecule has 0 aromatic heterocycles. The van der Waals surface area contributed by atoms with Gasteiger partial charge in [-0.3, -0.25) is 0 Å². The monoisotopic (exact) mass is 179 g/mol. The Balaban J connectivity index is 2.56. The third kappa shape index (κ3) is 2.70. The highest BCUT2D eigenvalue weighted by Gasteiger charge is 2.24. The maximum atomic E-state index is 4.09. The van der Waals surface area contributed by atoms with Crippen LogP contribution < -0.4 is 5.32 Å². The van der Waals surface area contributed by atoms with Crippen molar-refractivity contribution in [1.29, 1.82) is 0 Å². The molecule has 3 unspecified atom stereocenters. The lowest BCUT2D eigenvalue weighted by Gasteiger charge is -2.34. The molecule has 74 valence electrons. The second kappa shape index (κ2) is 4.61. The van der Waals surface area contributed by atoms with Gasteiger partial charge in [0.25, 0.3) is 0 Å². The van der Waals surface area contributed by atoms with Gasteiger partial charge in [0.2, 0.25) is 0 Å². The largest absolute Gasteiger partial charge is 0.307 e. The van der Waals surface area contributed by atoms with E-state index in [4.69, 9.17) is 0 Å². The predicted molar refractivity (Wildman–Crippen MR) is 58.7 cm³/mol. The lowest BCUT2D eigenvalue weighted by molar-refractivity contribution is 0.314. The van der Waals surface area contributed by atoms with E-state index in [2.05, 4.69) is 32.3 Å². The van der Waals surface area contributed by atoms with Crippen molar-refractivity contribution < 1.29 is 0 Å². The third-order valence-corrected chi connectivity index (χ3v) is 3.06. The van der Waals surface area contributed by atoms with Gasteiger partial charge >= 0.3 is 0 Å². The molecule has 0 bridgehead atoms. The molecule has 1 aliphatic rings. The lowest BCUT2D eigenvalue weighted by atomic mass is 9.86. The minimum absolute atomic E-state index is 0.445. The summed E-state index contributed by atoms with van der Waals surface area (Å²) < 4.78 is 0. The molecule has 13 heavy (non-hydrogen) atoms. The van der Waals surface area contributed by atoms with Crippen molar-refractivity contribution in [2.45, 2.75) is 45.2 Å². The predicted octanol–water partition coefficient (Wildman–Crippen LogP) is 2.90. The fourth-order valence-electron chi connectivity index (χ4n) is 1.90. The number of rotatable bonds is 3. The molecule has 0 radical (unpaired) electrons. The van der Waals surface area contributed by atoms with Crippen LogP contribution in [0.2, 0.25) is 0 Å². The maximum Gasteiger partial charge on any atom is 0.0287 e. The first-order valence-corrected chi connectivity index (χ1v) is 5.22. The van der Waals surface area contributed by atoms with Crippen molar-refractivity contribution in [2.24, 2.45) is 5.92 Å². The van der Waals surface area contributed by atoms with Gasteiger partial charge in [-0.1, -0.05) is 38.5 Å². The summed E-state index contributed by atoms with van der Waals surface area (Å²) in [6.45, 7) is 12.5. The summed E-state index contributed by atoms with van der Waals surface area (Å²) in [5.74, 6) is 0.736. The molecular formula is C12H21N. The van der Waals surface area contributed by atoms with E-state index in [0.29, 0.717) is 12.1 Å². The average molecular weight is 179 g/mol. The molecule has 3 atom stereocenters. The van der Waals surface area contributed by atoms with Crippen LogP contribution in [-0.2, 0) is 0 Å². The van der Waals surface area contributed by atoms with E-state index in [1.165, 1.54) is 12.0 Å². The first kappa shape index (κ1) is 10.5. The van der Waals surface area contributed by atoms with Crippen molar-refractivity contribution in [3.05, 3.63) is 24.8 Å². The lowest BCUT2D eigenvalue weighted by Crippen LogP contribution is -2.45. The van der Waals surface area contributed by atoms with Crippen LogP contribution in [0.5, 0.6) is 0 Å². The van der Waals surface area contributed by atoms with Crippen LogP contribution in [0.3, 0.4) is 0 Å². The summed E-state index contributed by atoms with van der Waals surface area (Å²) in [4.78, 5) is 0. The van der Waals surface area contributed by atoms with Crippen LogP contribution in [0.4, 0.5) is 0 Å². The van der Waals surface area contributed by atoms with Crippen LogP contribution in [0.1, 0.15) is 33.1 Å². The Hall–Kier alpha value is -0.560. The normalized spacial score (nSPS) is 31.4. The van der Waals surface area contributed by atoms with Gasteiger partial charge in [0, 0.05) is 12.1 Å². The standard InChI is InChI=1S/C12H21N/c1-5-10(4)12-8-9(3)7-11(6-2)13-12/h6,10-13H,2-3,5,7-8H2,1,4H3. The zero-order valence-corrected chi connectivity index (χ0v) is 8.84. The van der Waals surface area contributed by atoms with Crippen LogP contribution in [0, 0.1) is 5.92 Å². The number of piperidine rings is 1. The SMILES string of the molecule is C=CC1CC(=C)CC(C(C)CC)N1. The zero-order chi connectivity index (χ0) is 9.84. The quantitative estimate of drug-likeness (QED) is 0.657. The second-order valence-electron chi connectivity index (χ2n) is 4.16. The molecule has 1 aliphatic heterocycles. The molecule has 1 heteroatoms. The van der Waals surface area contributed by atoms with E-state index >= 15 is 0 Å². The zero-order valence-electron chi connectivity index (χ0n) is 8.84. The highest BCUT2D eigenvalue weighted by Crippen LogP contribution is 2.23. The molecule has 1 fully saturated rings. The van der Waals surface area contributed by atoms with Gasteiger partial charge in [-0.2, -0.15) is 0 Å². The van der Waals surface area contributed by atoms with E-state index in [0.717, 1.165) is 18.8 Å². The van der Waals surface area contributed by atoms with Crippen molar-refractivity contribution in [2.75, 3.05) is 0 Å². The molecule has 0 amide bonds. The van der Waals surface area contributed by atoms with Gasteiger partial charge in [-0.05, 0) is 18.8 Å². The fourth-order valence-corrected chi connectivity index (χ4v) is 1.90. The maximum absolute atomic E-state index is 4.09. The molecular weight excluding hydrogens is 158 g/mol. The molecule has 0 aromatic carbocycles. The van der Waals surface area contributed by atoms with Gasteiger partial charge in [-0.25, -0.2) is 0 Å². The topological polar surface area (TPSA) is 12.0 Å². The average Bonchev–Trinajstić information content (AvgIpc) is 2.15. The van der Waals surface area contributed by atoms with Gasteiger partial charge in [-0.15, -0.1) is 6.58 Å². The molecule has 0 aliphatic carbocycles. The molecule has 1 rings (SSSR count).